The van der Waals surface area contributed by atoms with Gasteiger partial charge < -0.3 is 20.3 Å². The van der Waals surface area contributed by atoms with Gasteiger partial charge >= 0.3 is 5.97 Å². The molecule has 0 aromatic rings. The number of hydrogen-bond acceptors (Lipinski definition) is 5. The van der Waals surface area contributed by atoms with Gasteiger partial charge in [0, 0.05) is 12.8 Å². The number of allylic oxidation sites excluding steroid dienone is 2. The molecule has 0 fully saturated rings. The molecule has 1 amide bonds. The molecule has 0 radical (unpaired) electrons. The summed E-state index contributed by atoms with van der Waals surface area (Å²) in [5.74, 6) is -0.000205. The summed E-state index contributed by atoms with van der Waals surface area (Å²) in [7, 11) is 0. The minimum atomic E-state index is -0.661. The summed E-state index contributed by atoms with van der Waals surface area (Å²) in [4.78, 5) is 24.7. The standard InChI is InChI=1S/C85H167NO5/c1-3-5-7-9-11-13-15-17-19-21-23-42-45-49-53-57-61-65-69-73-77-83(88)82(81-87)86-84(89)78-74-70-66-62-58-54-50-46-43-39-37-35-33-31-29-27-25-24-26-28-30-32-34-36-38-40-44-48-52-56-60-64-68-72-76-80-91-85(90)79-75-71-67-63-59-55-51-47-41-22-20-18-16-14-12-10-8-6-4-2/h18,20,82-83,87-88H,3-17,19,21-81H2,1-2H3,(H,86,89)/b20-18-. The zero-order valence-electron chi connectivity index (χ0n) is 62.4. The first-order valence-corrected chi connectivity index (χ1v) is 42.4. The van der Waals surface area contributed by atoms with Crippen molar-refractivity contribution in [1.29, 1.82) is 0 Å². The zero-order valence-corrected chi connectivity index (χ0v) is 62.4. The van der Waals surface area contributed by atoms with E-state index in [4.69, 9.17) is 4.74 Å². The van der Waals surface area contributed by atoms with Crippen molar-refractivity contribution in [1.82, 2.24) is 5.32 Å². The number of esters is 1. The van der Waals surface area contributed by atoms with E-state index in [1.54, 1.807) is 0 Å². The number of amides is 1. The molecule has 0 rings (SSSR count). The smallest absolute Gasteiger partial charge is 0.305 e. The van der Waals surface area contributed by atoms with Crippen LogP contribution in [-0.2, 0) is 14.3 Å². The molecule has 2 unspecified atom stereocenters. The molecule has 0 saturated heterocycles. The van der Waals surface area contributed by atoms with Crippen LogP contribution in [0.4, 0.5) is 0 Å². The number of rotatable bonds is 81. The van der Waals surface area contributed by atoms with Gasteiger partial charge in [0.25, 0.3) is 0 Å². The SMILES string of the molecule is CCCCCCCC/C=C\CCCCCCCCCCCC(=O)OCCCCCCCCCCCCCCCCCCCCCCCCCCCCCCCCCCCCCC(=O)NC(CO)C(O)CCCCCCCCCCCCCCCCCCCCCC. The summed E-state index contributed by atoms with van der Waals surface area (Å²) < 4.78 is 5.52. The fraction of sp³-hybridized carbons (Fsp3) is 0.953. The Morgan fingerprint density at radius 2 is 0.516 bits per heavy atom. The summed E-state index contributed by atoms with van der Waals surface area (Å²) in [5.41, 5.74) is 0. The van der Waals surface area contributed by atoms with E-state index in [2.05, 4.69) is 31.3 Å². The lowest BCUT2D eigenvalue weighted by Crippen LogP contribution is -2.45. The second-order valence-corrected chi connectivity index (χ2v) is 29.5. The third-order valence-electron chi connectivity index (χ3n) is 20.3. The van der Waals surface area contributed by atoms with Crippen LogP contribution in [0.5, 0.6) is 0 Å². The number of aliphatic hydroxyl groups is 2. The highest BCUT2D eigenvalue weighted by molar-refractivity contribution is 5.76. The van der Waals surface area contributed by atoms with Gasteiger partial charge in [-0.15, -0.1) is 0 Å². The second kappa shape index (κ2) is 81.0. The lowest BCUT2D eigenvalue weighted by Gasteiger charge is -2.22. The lowest BCUT2D eigenvalue weighted by atomic mass is 10.0. The molecule has 6 heteroatoms. The molecule has 0 aliphatic rings. The summed E-state index contributed by atoms with van der Waals surface area (Å²) in [6.07, 6.45) is 103. The van der Waals surface area contributed by atoms with E-state index in [0.717, 1.165) is 38.5 Å². The Morgan fingerprint density at radius 3 is 0.780 bits per heavy atom. The van der Waals surface area contributed by atoms with Crippen molar-refractivity contribution in [2.24, 2.45) is 0 Å². The highest BCUT2D eigenvalue weighted by Gasteiger charge is 2.20. The molecule has 0 aromatic heterocycles. The highest BCUT2D eigenvalue weighted by atomic mass is 16.5. The number of nitrogens with one attached hydrogen (secondary N) is 1. The van der Waals surface area contributed by atoms with Crippen LogP contribution in [0, 0.1) is 0 Å². The summed E-state index contributed by atoms with van der Waals surface area (Å²) in [5, 5.41) is 23.5. The first-order chi connectivity index (χ1) is 45.0. The van der Waals surface area contributed by atoms with E-state index >= 15 is 0 Å². The van der Waals surface area contributed by atoms with Crippen molar-refractivity contribution < 1.29 is 24.5 Å². The molecule has 0 aromatic carbocycles. The van der Waals surface area contributed by atoms with Crippen LogP contribution in [0.3, 0.4) is 0 Å². The summed E-state index contributed by atoms with van der Waals surface area (Å²) >= 11 is 0. The van der Waals surface area contributed by atoms with Crippen LogP contribution in [0.15, 0.2) is 12.2 Å². The first-order valence-electron chi connectivity index (χ1n) is 42.4. The molecule has 542 valence electrons. The van der Waals surface area contributed by atoms with Gasteiger partial charge in [-0.25, -0.2) is 0 Å². The van der Waals surface area contributed by atoms with Gasteiger partial charge in [-0.3, -0.25) is 9.59 Å². The summed E-state index contributed by atoms with van der Waals surface area (Å²) in [6.45, 7) is 5.01. The Kier molecular flexibility index (Phi) is 79.8. The van der Waals surface area contributed by atoms with Gasteiger partial charge in [0.05, 0.1) is 25.4 Å². The molecule has 0 aliphatic heterocycles. The second-order valence-electron chi connectivity index (χ2n) is 29.5. The van der Waals surface area contributed by atoms with Crippen LogP contribution in [0.25, 0.3) is 0 Å². The largest absolute Gasteiger partial charge is 0.466 e. The summed E-state index contributed by atoms with van der Waals surface area (Å²) in [6, 6.07) is -0.538. The van der Waals surface area contributed by atoms with E-state index in [9.17, 15) is 19.8 Å². The first kappa shape index (κ1) is 89.6. The van der Waals surface area contributed by atoms with Crippen LogP contribution in [-0.4, -0.2) is 47.4 Å². The molecule has 6 nitrogen and oxygen atoms in total. The molecule has 91 heavy (non-hydrogen) atoms. The Bertz CT molecular complexity index is 1380. The Hall–Kier alpha value is -1.40. The fourth-order valence-corrected chi connectivity index (χ4v) is 13.9. The minimum Gasteiger partial charge on any atom is -0.466 e. The fourth-order valence-electron chi connectivity index (χ4n) is 13.9. The average Bonchev–Trinajstić information content (AvgIpc) is 3.74. The van der Waals surface area contributed by atoms with E-state index < -0.39 is 12.1 Å². The third-order valence-corrected chi connectivity index (χ3v) is 20.3. The number of aliphatic hydroxyl groups excluding tert-OH is 2. The molecular formula is C85H167NO5. The molecule has 3 N–H and O–H groups in total. The van der Waals surface area contributed by atoms with Crippen molar-refractivity contribution in [3.8, 4) is 0 Å². The van der Waals surface area contributed by atoms with Crippen molar-refractivity contribution in [2.45, 2.75) is 508 Å². The number of carbonyl (C=O) groups excluding carboxylic acids is 2. The maximum atomic E-state index is 12.6. The maximum Gasteiger partial charge on any atom is 0.305 e. The Balaban J connectivity index is 3.30. The van der Waals surface area contributed by atoms with E-state index in [1.165, 1.54) is 424 Å². The predicted molar refractivity (Wildman–Crippen MR) is 403 cm³/mol. The Morgan fingerprint density at radius 1 is 0.297 bits per heavy atom. The quantitative estimate of drug-likeness (QED) is 0.0320. The van der Waals surface area contributed by atoms with Crippen molar-refractivity contribution >= 4 is 11.9 Å². The normalized spacial score (nSPS) is 12.4. The monoisotopic (exact) mass is 1280 g/mol. The molecule has 2 atom stereocenters. The van der Waals surface area contributed by atoms with E-state index in [0.29, 0.717) is 25.9 Å². The molecule has 0 spiro atoms. The third kappa shape index (κ3) is 77.5. The highest BCUT2D eigenvalue weighted by Crippen LogP contribution is 2.21. The average molecular weight is 1280 g/mol. The van der Waals surface area contributed by atoms with Gasteiger partial charge in [0.15, 0.2) is 0 Å². The number of unbranched alkanes of at least 4 members (excludes halogenated alkanes) is 68. The van der Waals surface area contributed by atoms with Crippen LogP contribution < -0.4 is 5.32 Å². The van der Waals surface area contributed by atoms with Gasteiger partial charge in [0.2, 0.25) is 5.91 Å². The van der Waals surface area contributed by atoms with Gasteiger partial charge in [-0.05, 0) is 51.4 Å². The van der Waals surface area contributed by atoms with Crippen molar-refractivity contribution in [2.75, 3.05) is 13.2 Å². The lowest BCUT2D eigenvalue weighted by molar-refractivity contribution is -0.143. The minimum absolute atomic E-state index is 0.0236. The molecular weight excluding hydrogens is 1110 g/mol. The van der Waals surface area contributed by atoms with Gasteiger partial charge in [0.1, 0.15) is 0 Å². The molecule has 0 heterocycles. The topological polar surface area (TPSA) is 95.9 Å². The number of carbonyl (C=O) groups is 2. The molecule has 0 saturated carbocycles. The van der Waals surface area contributed by atoms with Crippen LogP contribution in [0.1, 0.15) is 495 Å². The maximum absolute atomic E-state index is 12.6. The molecule has 0 aliphatic carbocycles. The van der Waals surface area contributed by atoms with Crippen LogP contribution >= 0.6 is 0 Å². The predicted octanol–water partition coefficient (Wildman–Crippen LogP) is 28.2. The zero-order chi connectivity index (χ0) is 65.6. The van der Waals surface area contributed by atoms with Crippen molar-refractivity contribution in [3.05, 3.63) is 12.2 Å². The van der Waals surface area contributed by atoms with E-state index in [-0.39, 0.29) is 18.5 Å². The van der Waals surface area contributed by atoms with Gasteiger partial charge in [-0.2, -0.15) is 0 Å². The van der Waals surface area contributed by atoms with Gasteiger partial charge in [-0.1, -0.05) is 443 Å². The van der Waals surface area contributed by atoms with Crippen molar-refractivity contribution in [3.63, 3.8) is 0 Å². The van der Waals surface area contributed by atoms with Crippen LogP contribution in [0.2, 0.25) is 0 Å². The Labute approximate surface area is 571 Å². The number of hydrogen-bond donors (Lipinski definition) is 3. The number of ether oxygens (including phenoxy) is 1. The molecule has 0 bridgehead atoms. The van der Waals surface area contributed by atoms with E-state index in [1.807, 2.05) is 0 Å².